The Hall–Kier alpha value is -0.870. The third-order valence-electron chi connectivity index (χ3n) is 2.09. The molecule has 0 aromatic heterocycles. The van der Waals surface area contributed by atoms with Crippen LogP contribution in [0.1, 0.15) is 19.8 Å². The van der Waals surface area contributed by atoms with Crippen molar-refractivity contribution in [3.8, 4) is 5.75 Å². The van der Waals surface area contributed by atoms with E-state index in [1.807, 2.05) is 0 Å². The summed E-state index contributed by atoms with van der Waals surface area (Å²) in [5, 5.41) is 0. The molecular weight excluding hydrogens is 255 g/mol. The highest BCUT2D eigenvalue weighted by atomic mass is 31.2. The Balaban J connectivity index is 2.21. The molecule has 18 heavy (non-hydrogen) atoms. The first kappa shape index (κ1) is 15.2. The molecule has 1 atom stereocenters. The third-order valence-corrected chi connectivity index (χ3v) is 3.04. The Bertz CT molecular complexity index is 368. The summed E-state index contributed by atoms with van der Waals surface area (Å²) in [7, 11) is -4.05. The molecule has 1 aromatic carbocycles. The van der Waals surface area contributed by atoms with Gasteiger partial charge in [-0.2, -0.15) is 0 Å². The number of hydrogen-bond acceptors (Lipinski definition) is 4. The molecule has 0 saturated carbocycles. The molecular formula is C12H19O5P. The Morgan fingerprint density at radius 3 is 2.56 bits per heavy atom. The molecule has 1 unspecified atom stereocenters. The van der Waals surface area contributed by atoms with Crippen LogP contribution in [-0.4, -0.2) is 24.7 Å². The van der Waals surface area contributed by atoms with Crippen LogP contribution in [-0.2, 0) is 13.8 Å². The average molecular weight is 274 g/mol. The zero-order valence-corrected chi connectivity index (χ0v) is 11.3. The molecule has 0 bridgehead atoms. The van der Waals surface area contributed by atoms with Gasteiger partial charge < -0.3 is 9.26 Å². The topological polar surface area (TPSA) is 65.0 Å². The first-order valence-electron chi connectivity index (χ1n) is 5.94. The smallest absolute Gasteiger partial charge is 0.404 e. The van der Waals surface area contributed by atoms with Gasteiger partial charge >= 0.3 is 7.82 Å². The number of rotatable bonds is 9. The first-order chi connectivity index (χ1) is 8.64. The molecule has 102 valence electrons. The number of hydrogen-bond donors (Lipinski definition) is 1. The number of phosphoric ester groups is 1. The number of benzene rings is 1. The molecule has 0 aliphatic heterocycles. The normalized spacial score (nSPS) is 14.1. The lowest BCUT2D eigenvalue weighted by atomic mass is 10.3. The molecule has 0 amide bonds. The van der Waals surface area contributed by atoms with Crippen LogP contribution in [0.2, 0.25) is 0 Å². The van der Waals surface area contributed by atoms with Gasteiger partial charge in [0, 0.05) is 6.61 Å². The summed E-state index contributed by atoms with van der Waals surface area (Å²) in [6.07, 6.45) is 2.02. The quantitative estimate of drug-likeness (QED) is 0.554. The fraction of sp³-hybridized carbons (Fsp3) is 0.500. The summed E-state index contributed by atoms with van der Waals surface area (Å²) in [5.41, 5.74) is 0. The molecule has 0 aliphatic rings. The van der Waals surface area contributed by atoms with Gasteiger partial charge in [0.25, 0.3) is 0 Å². The van der Waals surface area contributed by atoms with E-state index >= 15 is 0 Å². The van der Waals surface area contributed by atoms with Crippen LogP contribution in [0.4, 0.5) is 0 Å². The average Bonchev–Trinajstić information content (AvgIpc) is 2.34. The van der Waals surface area contributed by atoms with Crippen molar-refractivity contribution in [3.63, 3.8) is 0 Å². The van der Waals surface area contributed by atoms with E-state index in [2.05, 4.69) is 6.92 Å². The van der Waals surface area contributed by atoms with Gasteiger partial charge in [0.15, 0.2) is 0 Å². The standard InChI is InChI=1S/C12H19O5P/c1-2-3-9-15-10-11-16-18(13,14)17-12-7-5-4-6-8-12/h4-8H,2-3,9-11H2,1H3,(H,13,14). The van der Waals surface area contributed by atoms with E-state index in [0.717, 1.165) is 12.8 Å². The van der Waals surface area contributed by atoms with Crippen LogP contribution in [0, 0.1) is 0 Å². The van der Waals surface area contributed by atoms with Crippen LogP contribution in [0.15, 0.2) is 30.3 Å². The Morgan fingerprint density at radius 1 is 1.17 bits per heavy atom. The molecule has 1 rings (SSSR count). The van der Waals surface area contributed by atoms with Crippen molar-refractivity contribution in [2.24, 2.45) is 0 Å². The Morgan fingerprint density at radius 2 is 1.89 bits per heavy atom. The van der Waals surface area contributed by atoms with Gasteiger partial charge in [-0.25, -0.2) is 4.57 Å². The molecule has 1 aromatic rings. The van der Waals surface area contributed by atoms with Crippen molar-refractivity contribution in [1.29, 1.82) is 0 Å². The number of unbranched alkanes of at least 4 members (excludes halogenated alkanes) is 1. The van der Waals surface area contributed by atoms with Crippen molar-refractivity contribution in [2.75, 3.05) is 19.8 Å². The summed E-state index contributed by atoms with van der Waals surface area (Å²) < 4.78 is 26.4. The van der Waals surface area contributed by atoms with E-state index in [-0.39, 0.29) is 13.2 Å². The summed E-state index contributed by atoms with van der Waals surface area (Å²) >= 11 is 0. The Labute approximate surface area is 107 Å². The first-order valence-corrected chi connectivity index (χ1v) is 7.43. The molecule has 1 N–H and O–H groups in total. The molecule has 0 heterocycles. The van der Waals surface area contributed by atoms with Gasteiger partial charge in [0.1, 0.15) is 5.75 Å². The minimum Gasteiger partial charge on any atom is -0.404 e. The lowest BCUT2D eigenvalue weighted by molar-refractivity contribution is 0.0853. The van der Waals surface area contributed by atoms with Gasteiger partial charge in [-0.3, -0.25) is 9.42 Å². The van der Waals surface area contributed by atoms with E-state index in [0.29, 0.717) is 12.4 Å². The minimum absolute atomic E-state index is 0.0321. The highest BCUT2D eigenvalue weighted by Crippen LogP contribution is 2.43. The second kappa shape index (κ2) is 8.27. The molecule has 0 spiro atoms. The maximum atomic E-state index is 11.5. The van der Waals surface area contributed by atoms with E-state index in [1.54, 1.807) is 30.3 Å². The van der Waals surface area contributed by atoms with Gasteiger partial charge in [0.05, 0.1) is 13.2 Å². The number of phosphoric acid groups is 1. The molecule has 0 fully saturated rings. The summed E-state index contributed by atoms with van der Waals surface area (Å²) in [5.74, 6) is 0.301. The lowest BCUT2D eigenvalue weighted by Gasteiger charge is -2.12. The lowest BCUT2D eigenvalue weighted by Crippen LogP contribution is -2.06. The second-order valence-corrected chi connectivity index (χ2v) is 5.05. The molecule has 0 radical (unpaired) electrons. The summed E-state index contributed by atoms with van der Waals surface area (Å²) in [6.45, 7) is 3.01. The minimum atomic E-state index is -4.05. The van der Waals surface area contributed by atoms with E-state index in [4.69, 9.17) is 13.8 Å². The van der Waals surface area contributed by atoms with Gasteiger partial charge in [-0.05, 0) is 18.6 Å². The van der Waals surface area contributed by atoms with Crippen LogP contribution >= 0.6 is 7.82 Å². The summed E-state index contributed by atoms with van der Waals surface area (Å²) in [6, 6.07) is 8.39. The fourth-order valence-corrected chi connectivity index (χ4v) is 1.95. The second-order valence-electron chi connectivity index (χ2n) is 3.67. The van der Waals surface area contributed by atoms with Crippen molar-refractivity contribution in [1.82, 2.24) is 0 Å². The highest BCUT2D eigenvalue weighted by molar-refractivity contribution is 7.47. The Kier molecular flexibility index (Phi) is 6.98. The molecule has 0 aliphatic carbocycles. The predicted molar refractivity (Wildman–Crippen MR) is 68.6 cm³/mol. The number of para-hydroxylation sites is 1. The van der Waals surface area contributed by atoms with Crippen LogP contribution in [0.5, 0.6) is 5.75 Å². The van der Waals surface area contributed by atoms with Crippen LogP contribution in [0.25, 0.3) is 0 Å². The van der Waals surface area contributed by atoms with Crippen molar-refractivity contribution < 1.29 is 23.2 Å². The van der Waals surface area contributed by atoms with E-state index < -0.39 is 7.82 Å². The zero-order chi connectivity index (χ0) is 13.3. The van der Waals surface area contributed by atoms with Crippen molar-refractivity contribution >= 4 is 7.82 Å². The molecule has 5 nitrogen and oxygen atoms in total. The van der Waals surface area contributed by atoms with Gasteiger partial charge in [-0.15, -0.1) is 0 Å². The largest absolute Gasteiger partial charge is 0.527 e. The predicted octanol–water partition coefficient (Wildman–Crippen LogP) is 3.00. The maximum absolute atomic E-state index is 11.5. The van der Waals surface area contributed by atoms with E-state index in [1.165, 1.54) is 0 Å². The highest BCUT2D eigenvalue weighted by Gasteiger charge is 2.22. The van der Waals surface area contributed by atoms with Gasteiger partial charge in [0.2, 0.25) is 0 Å². The molecule has 0 saturated heterocycles. The van der Waals surface area contributed by atoms with Crippen LogP contribution < -0.4 is 4.52 Å². The summed E-state index contributed by atoms with van der Waals surface area (Å²) in [4.78, 5) is 9.43. The van der Waals surface area contributed by atoms with Gasteiger partial charge in [-0.1, -0.05) is 31.5 Å². The maximum Gasteiger partial charge on any atom is 0.527 e. The SMILES string of the molecule is CCCCOCCOP(=O)(O)Oc1ccccc1. The van der Waals surface area contributed by atoms with E-state index in [9.17, 15) is 9.46 Å². The zero-order valence-electron chi connectivity index (χ0n) is 10.4. The molecule has 6 heteroatoms. The number of ether oxygens (including phenoxy) is 1. The van der Waals surface area contributed by atoms with Crippen molar-refractivity contribution in [2.45, 2.75) is 19.8 Å². The van der Waals surface area contributed by atoms with Crippen LogP contribution in [0.3, 0.4) is 0 Å². The fourth-order valence-electron chi connectivity index (χ4n) is 1.20. The monoisotopic (exact) mass is 274 g/mol. The van der Waals surface area contributed by atoms with Crippen molar-refractivity contribution in [3.05, 3.63) is 30.3 Å². The third kappa shape index (κ3) is 6.77.